The molecule has 1 aromatic rings. The molecule has 0 aromatic heterocycles. The standard InChI is InChI=1S/C12H13F2NO3/c1-17-10-5-3-2-4-9(10)15-7-8-6-12(13,14)11(16)18-8/h2-5,8,15H,6-7H2,1H3. The van der Waals surface area contributed by atoms with Crippen molar-refractivity contribution in [3.63, 3.8) is 0 Å². The molecule has 18 heavy (non-hydrogen) atoms. The van der Waals surface area contributed by atoms with Crippen molar-refractivity contribution in [2.75, 3.05) is 19.0 Å². The number of rotatable bonds is 4. The van der Waals surface area contributed by atoms with Gasteiger partial charge in [-0.3, -0.25) is 0 Å². The lowest BCUT2D eigenvalue weighted by atomic mass is 10.2. The number of carbonyl (C=O) groups is 1. The fourth-order valence-corrected chi connectivity index (χ4v) is 1.78. The third kappa shape index (κ3) is 2.52. The molecule has 1 N–H and O–H groups in total. The summed E-state index contributed by atoms with van der Waals surface area (Å²) in [6.45, 7) is 0.127. The smallest absolute Gasteiger partial charge is 0.377 e. The maximum Gasteiger partial charge on any atom is 0.377 e. The largest absolute Gasteiger partial charge is 0.495 e. The first-order chi connectivity index (χ1) is 8.53. The van der Waals surface area contributed by atoms with Gasteiger partial charge in [0.25, 0.3) is 0 Å². The molecule has 0 saturated carbocycles. The van der Waals surface area contributed by atoms with E-state index in [1.54, 1.807) is 24.3 Å². The monoisotopic (exact) mass is 257 g/mol. The van der Waals surface area contributed by atoms with E-state index in [1.807, 2.05) is 0 Å². The maximum absolute atomic E-state index is 12.9. The Hall–Kier alpha value is -1.85. The molecular weight excluding hydrogens is 244 g/mol. The van der Waals surface area contributed by atoms with Crippen LogP contribution in [-0.4, -0.2) is 31.7 Å². The van der Waals surface area contributed by atoms with Gasteiger partial charge in [-0.15, -0.1) is 0 Å². The van der Waals surface area contributed by atoms with Crippen molar-refractivity contribution < 1.29 is 23.0 Å². The average Bonchev–Trinajstić information content (AvgIpc) is 2.61. The van der Waals surface area contributed by atoms with E-state index in [0.717, 1.165) is 0 Å². The zero-order chi connectivity index (χ0) is 13.2. The van der Waals surface area contributed by atoms with Crippen molar-refractivity contribution in [1.29, 1.82) is 0 Å². The molecule has 98 valence electrons. The Morgan fingerprint density at radius 2 is 2.22 bits per heavy atom. The normalized spacial score (nSPS) is 21.5. The number of para-hydroxylation sites is 2. The van der Waals surface area contributed by atoms with Gasteiger partial charge in [-0.2, -0.15) is 8.78 Å². The van der Waals surface area contributed by atoms with Crippen LogP contribution in [0.2, 0.25) is 0 Å². The van der Waals surface area contributed by atoms with Crippen LogP contribution in [0.1, 0.15) is 6.42 Å². The number of esters is 1. The lowest BCUT2D eigenvalue weighted by molar-refractivity contribution is -0.158. The van der Waals surface area contributed by atoms with Crippen molar-refractivity contribution in [2.45, 2.75) is 18.4 Å². The van der Waals surface area contributed by atoms with E-state index in [9.17, 15) is 13.6 Å². The van der Waals surface area contributed by atoms with E-state index in [1.165, 1.54) is 7.11 Å². The fraction of sp³-hybridized carbons (Fsp3) is 0.417. The minimum absolute atomic E-state index is 0.127. The number of methoxy groups -OCH3 is 1. The third-order valence-corrected chi connectivity index (χ3v) is 2.68. The average molecular weight is 257 g/mol. The minimum Gasteiger partial charge on any atom is -0.495 e. The topological polar surface area (TPSA) is 47.6 Å². The third-order valence-electron chi connectivity index (χ3n) is 2.68. The summed E-state index contributed by atoms with van der Waals surface area (Å²) in [5.41, 5.74) is 0.672. The summed E-state index contributed by atoms with van der Waals surface area (Å²) in [6.07, 6.45) is -1.41. The van der Waals surface area contributed by atoms with Crippen LogP contribution in [0.15, 0.2) is 24.3 Å². The van der Waals surface area contributed by atoms with Crippen LogP contribution < -0.4 is 10.1 Å². The van der Waals surface area contributed by atoms with Crippen LogP contribution in [-0.2, 0) is 9.53 Å². The van der Waals surface area contributed by atoms with E-state index in [-0.39, 0.29) is 6.54 Å². The molecule has 1 saturated heterocycles. The summed E-state index contributed by atoms with van der Waals surface area (Å²) in [6, 6.07) is 7.10. The summed E-state index contributed by atoms with van der Waals surface area (Å²) in [5.74, 6) is -4.21. The Morgan fingerprint density at radius 1 is 1.50 bits per heavy atom. The first-order valence-electron chi connectivity index (χ1n) is 5.49. The van der Waals surface area contributed by atoms with E-state index in [0.29, 0.717) is 11.4 Å². The van der Waals surface area contributed by atoms with Gasteiger partial charge in [-0.25, -0.2) is 4.79 Å². The number of nitrogens with one attached hydrogen (secondary N) is 1. The van der Waals surface area contributed by atoms with Crippen molar-refractivity contribution >= 4 is 11.7 Å². The lowest BCUT2D eigenvalue weighted by Gasteiger charge is -2.13. The van der Waals surface area contributed by atoms with Gasteiger partial charge < -0.3 is 14.8 Å². The predicted octanol–water partition coefficient (Wildman–Crippen LogP) is 2.06. The number of benzene rings is 1. The van der Waals surface area contributed by atoms with Crippen LogP contribution in [0.5, 0.6) is 5.75 Å². The molecule has 0 radical (unpaired) electrons. The summed E-state index contributed by atoms with van der Waals surface area (Å²) >= 11 is 0. The molecule has 0 spiro atoms. The first kappa shape index (κ1) is 12.6. The molecule has 0 aliphatic carbocycles. The molecular formula is C12H13F2NO3. The van der Waals surface area contributed by atoms with E-state index < -0.39 is 24.4 Å². The van der Waals surface area contributed by atoms with Gasteiger partial charge in [0.1, 0.15) is 11.9 Å². The van der Waals surface area contributed by atoms with E-state index in [4.69, 9.17) is 4.74 Å². The van der Waals surface area contributed by atoms with Gasteiger partial charge in [0.2, 0.25) is 0 Å². The van der Waals surface area contributed by atoms with Gasteiger partial charge in [-0.1, -0.05) is 12.1 Å². The number of hydrogen-bond acceptors (Lipinski definition) is 4. The zero-order valence-corrected chi connectivity index (χ0v) is 9.78. The van der Waals surface area contributed by atoms with E-state index >= 15 is 0 Å². The van der Waals surface area contributed by atoms with Gasteiger partial charge in [0, 0.05) is 0 Å². The zero-order valence-electron chi connectivity index (χ0n) is 9.78. The highest BCUT2D eigenvalue weighted by Gasteiger charge is 2.50. The highest BCUT2D eigenvalue weighted by molar-refractivity contribution is 5.79. The second kappa shape index (κ2) is 4.80. The Bertz CT molecular complexity index is 451. The first-order valence-corrected chi connectivity index (χ1v) is 5.49. The summed E-state index contributed by atoms with van der Waals surface area (Å²) < 4.78 is 35.5. The number of alkyl halides is 2. The predicted molar refractivity (Wildman–Crippen MR) is 60.9 cm³/mol. The van der Waals surface area contributed by atoms with Crippen LogP contribution >= 0.6 is 0 Å². The Labute approximate surface area is 103 Å². The van der Waals surface area contributed by atoms with Crippen LogP contribution in [0, 0.1) is 0 Å². The quantitative estimate of drug-likeness (QED) is 0.839. The number of hydrogen-bond donors (Lipinski definition) is 1. The number of ether oxygens (including phenoxy) is 2. The Kier molecular flexibility index (Phi) is 3.36. The van der Waals surface area contributed by atoms with Gasteiger partial charge >= 0.3 is 11.9 Å². The molecule has 4 nitrogen and oxygen atoms in total. The highest BCUT2D eigenvalue weighted by atomic mass is 19.3. The number of cyclic esters (lactones) is 1. The van der Waals surface area contributed by atoms with E-state index in [2.05, 4.69) is 10.1 Å². The molecule has 1 aliphatic rings. The van der Waals surface area contributed by atoms with Gasteiger partial charge in [-0.05, 0) is 12.1 Å². The molecule has 0 bridgehead atoms. The number of halogens is 2. The second-order valence-corrected chi connectivity index (χ2v) is 4.02. The Balaban J connectivity index is 1.95. The molecule has 0 amide bonds. The fourth-order valence-electron chi connectivity index (χ4n) is 1.78. The summed E-state index contributed by atoms with van der Waals surface area (Å²) in [4.78, 5) is 10.8. The number of anilines is 1. The molecule has 6 heteroatoms. The van der Waals surface area contributed by atoms with Crippen molar-refractivity contribution in [3.8, 4) is 5.75 Å². The SMILES string of the molecule is COc1ccccc1NCC1CC(F)(F)C(=O)O1. The Morgan fingerprint density at radius 3 is 2.83 bits per heavy atom. The van der Waals surface area contributed by atoms with Crippen LogP contribution in [0.25, 0.3) is 0 Å². The van der Waals surface area contributed by atoms with Gasteiger partial charge in [0.05, 0.1) is 25.8 Å². The molecule has 1 heterocycles. The highest BCUT2D eigenvalue weighted by Crippen LogP contribution is 2.31. The summed E-state index contributed by atoms with van der Waals surface area (Å²) in [5, 5.41) is 2.93. The minimum atomic E-state index is -3.37. The van der Waals surface area contributed by atoms with Crippen molar-refractivity contribution in [2.24, 2.45) is 0 Å². The molecule has 1 aliphatic heterocycles. The molecule has 2 rings (SSSR count). The molecule has 1 fully saturated rings. The molecule has 1 unspecified atom stereocenters. The lowest BCUT2D eigenvalue weighted by Crippen LogP contribution is -2.22. The summed E-state index contributed by atoms with van der Waals surface area (Å²) in [7, 11) is 1.52. The van der Waals surface area contributed by atoms with Crippen molar-refractivity contribution in [1.82, 2.24) is 0 Å². The molecule has 1 atom stereocenters. The maximum atomic E-state index is 12.9. The second-order valence-electron chi connectivity index (χ2n) is 4.02. The van der Waals surface area contributed by atoms with Crippen LogP contribution in [0.3, 0.4) is 0 Å². The van der Waals surface area contributed by atoms with Crippen LogP contribution in [0.4, 0.5) is 14.5 Å². The van der Waals surface area contributed by atoms with Gasteiger partial charge in [0.15, 0.2) is 0 Å². The van der Waals surface area contributed by atoms with Crippen molar-refractivity contribution in [3.05, 3.63) is 24.3 Å². The molecule has 1 aromatic carbocycles. The number of carbonyl (C=O) groups excluding carboxylic acids is 1.